The third-order valence-corrected chi connectivity index (χ3v) is 4.97. The molecule has 1 atom stereocenters. The first-order valence-corrected chi connectivity index (χ1v) is 8.77. The zero-order valence-corrected chi connectivity index (χ0v) is 14.3. The molecule has 0 amide bonds. The Morgan fingerprint density at radius 1 is 1.35 bits per heavy atom. The molecule has 1 aliphatic heterocycles. The van der Waals surface area contributed by atoms with E-state index in [4.69, 9.17) is 9.26 Å². The van der Waals surface area contributed by atoms with Gasteiger partial charge in [-0.15, -0.1) is 0 Å². The summed E-state index contributed by atoms with van der Waals surface area (Å²) in [5, 5.41) is 13.7. The molecular formula is C17H19BrN2O3. The first kappa shape index (κ1) is 15.0. The van der Waals surface area contributed by atoms with Gasteiger partial charge in [0.15, 0.2) is 5.75 Å². The van der Waals surface area contributed by atoms with Crippen molar-refractivity contribution in [1.82, 2.24) is 5.16 Å². The first-order valence-electron chi connectivity index (χ1n) is 7.98. The molecule has 23 heavy (non-hydrogen) atoms. The number of para-hydroxylation sites is 1. The molecule has 1 aromatic heterocycles. The van der Waals surface area contributed by atoms with Crippen LogP contribution in [-0.2, 0) is 13.0 Å². The van der Waals surface area contributed by atoms with Gasteiger partial charge in [-0.2, -0.15) is 0 Å². The average Bonchev–Trinajstić information content (AvgIpc) is 3.26. The van der Waals surface area contributed by atoms with Gasteiger partial charge in [0, 0.05) is 12.5 Å². The quantitative estimate of drug-likeness (QED) is 0.865. The second kappa shape index (κ2) is 6.17. The lowest BCUT2D eigenvalue weighted by molar-refractivity contribution is 0.111. The van der Waals surface area contributed by atoms with Crippen molar-refractivity contribution >= 4 is 21.6 Å². The SMILES string of the molecule is OCC1CN(Cc2cc(CC3CC3)on2)c2cccc(Br)c2O1. The lowest BCUT2D eigenvalue weighted by Gasteiger charge is -2.35. The Morgan fingerprint density at radius 2 is 2.22 bits per heavy atom. The second-order valence-corrected chi connectivity index (χ2v) is 7.18. The van der Waals surface area contributed by atoms with Crippen molar-refractivity contribution in [2.24, 2.45) is 5.92 Å². The van der Waals surface area contributed by atoms with Crippen molar-refractivity contribution in [3.63, 3.8) is 0 Å². The Bertz CT molecular complexity index is 699. The van der Waals surface area contributed by atoms with Gasteiger partial charge in [-0.1, -0.05) is 11.2 Å². The van der Waals surface area contributed by atoms with Crippen LogP contribution in [0.2, 0.25) is 0 Å². The standard InChI is InChI=1S/C17H19BrN2O3/c18-15-2-1-3-16-17(15)22-14(10-21)9-20(16)8-12-7-13(23-19-12)6-11-4-5-11/h1-3,7,11,14,21H,4-6,8-10H2. The van der Waals surface area contributed by atoms with Gasteiger partial charge in [0.2, 0.25) is 0 Å². The molecule has 2 heterocycles. The van der Waals surface area contributed by atoms with Gasteiger partial charge in [-0.05, 0) is 46.8 Å². The monoisotopic (exact) mass is 378 g/mol. The fourth-order valence-electron chi connectivity index (χ4n) is 2.98. The Hall–Kier alpha value is -1.53. The highest BCUT2D eigenvalue weighted by atomic mass is 79.9. The molecule has 4 rings (SSSR count). The van der Waals surface area contributed by atoms with E-state index in [-0.39, 0.29) is 12.7 Å². The maximum Gasteiger partial charge on any atom is 0.157 e. The van der Waals surface area contributed by atoms with E-state index in [1.54, 1.807) is 0 Å². The van der Waals surface area contributed by atoms with E-state index in [0.29, 0.717) is 13.1 Å². The molecule has 2 aliphatic rings. The normalized spacial score (nSPS) is 20.3. The molecule has 6 heteroatoms. The van der Waals surface area contributed by atoms with Crippen molar-refractivity contribution < 1.29 is 14.4 Å². The Kier molecular flexibility index (Phi) is 4.03. The minimum Gasteiger partial charge on any atom is -0.483 e. The number of fused-ring (bicyclic) bond motifs is 1. The molecule has 1 saturated carbocycles. The molecule has 1 aromatic carbocycles. The lowest BCUT2D eigenvalue weighted by atomic mass is 10.1. The van der Waals surface area contributed by atoms with Crippen LogP contribution in [0.15, 0.2) is 33.3 Å². The summed E-state index contributed by atoms with van der Waals surface area (Å²) in [6.07, 6.45) is 3.37. The van der Waals surface area contributed by atoms with Crippen molar-refractivity contribution in [3.05, 3.63) is 40.2 Å². The predicted octanol–water partition coefficient (Wildman–Crippen LogP) is 3.15. The van der Waals surface area contributed by atoms with Crippen LogP contribution in [-0.4, -0.2) is 29.5 Å². The molecule has 0 bridgehead atoms. The van der Waals surface area contributed by atoms with Crippen LogP contribution in [0.4, 0.5) is 5.69 Å². The fraction of sp³-hybridized carbons (Fsp3) is 0.471. The molecule has 0 radical (unpaired) electrons. The molecule has 1 aliphatic carbocycles. The van der Waals surface area contributed by atoms with Crippen LogP contribution in [0.5, 0.6) is 5.75 Å². The number of rotatable bonds is 5. The van der Waals surface area contributed by atoms with E-state index < -0.39 is 0 Å². The minimum absolute atomic E-state index is 0.0109. The van der Waals surface area contributed by atoms with E-state index in [1.807, 2.05) is 18.2 Å². The summed E-state index contributed by atoms with van der Waals surface area (Å²) in [7, 11) is 0. The third-order valence-electron chi connectivity index (χ3n) is 4.35. The van der Waals surface area contributed by atoms with E-state index in [2.05, 4.69) is 32.1 Å². The number of ether oxygens (including phenoxy) is 1. The Morgan fingerprint density at radius 3 is 3.00 bits per heavy atom. The van der Waals surface area contributed by atoms with E-state index >= 15 is 0 Å². The molecule has 1 unspecified atom stereocenters. The largest absolute Gasteiger partial charge is 0.483 e. The van der Waals surface area contributed by atoms with E-state index in [1.165, 1.54) is 12.8 Å². The minimum atomic E-state index is -0.237. The van der Waals surface area contributed by atoms with Crippen LogP contribution in [0, 0.1) is 5.92 Å². The fourth-order valence-corrected chi connectivity index (χ4v) is 3.43. The van der Waals surface area contributed by atoms with Crippen LogP contribution in [0.1, 0.15) is 24.3 Å². The third kappa shape index (κ3) is 3.23. The summed E-state index contributed by atoms with van der Waals surface area (Å²) in [6.45, 7) is 1.27. The Labute approximate surface area is 143 Å². The zero-order valence-electron chi connectivity index (χ0n) is 12.7. The summed E-state index contributed by atoms with van der Waals surface area (Å²) in [5.41, 5.74) is 1.93. The smallest absolute Gasteiger partial charge is 0.157 e. The molecule has 0 spiro atoms. The van der Waals surface area contributed by atoms with E-state index in [9.17, 15) is 5.11 Å². The topological polar surface area (TPSA) is 58.7 Å². The Balaban J connectivity index is 1.55. The van der Waals surface area contributed by atoms with Gasteiger partial charge in [0.1, 0.15) is 17.6 Å². The summed E-state index contributed by atoms with van der Waals surface area (Å²) in [4.78, 5) is 2.18. The number of hydrogen-bond acceptors (Lipinski definition) is 5. The van der Waals surface area contributed by atoms with Crippen molar-refractivity contribution in [3.8, 4) is 5.75 Å². The summed E-state index contributed by atoms with van der Waals surface area (Å²) < 4.78 is 12.2. The maximum absolute atomic E-state index is 9.50. The van der Waals surface area contributed by atoms with Crippen LogP contribution in [0.25, 0.3) is 0 Å². The predicted molar refractivity (Wildman–Crippen MR) is 89.6 cm³/mol. The van der Waals surface area contributed by atoms with Crippen molar-refractivity contribution in [2.45, 2.75) is 31.9 Å². The number of nitrogens with zero attached hydrogens (tertiary/aromatic N) is 2. The van der Waals surface area contributed by atoms with Gasteiger partial charge in [-0.3, -0.25) is 0 Å². The van der Waals surface area contributed by atoms with Gasteiger partial charge in [0.05, 0.1) is 29.9 Å². The van der Waals surface area contributed by atoms with Crippen molar-refractivity contribution in [1.29, 1.82) is 0 Å². The zero-order chi connectivity index (χ0) is 15.8. The summed E-state index contributed by atoms with van der Waals surface area (Å²) >= 11 is 3.52. The molecule has 1 fully saturated rings. The van der Waals surface area contributed by atoms with Gasteiger partial charge in [0.25, 0.3) is 0 Å². The molecule has 2 aromatic rings. The highest BCUT2D eigenvalue weighted by molar-refractivity contribution is 9.10. The number of anilines is 1. The number of aromatic nitrogens is 1. The maximum atomic E-state index is 9.50. The molecule has 5 nitrogen and oxygen atoms in total. The van der Waals surface area contributed by atoms with Crippen LogP contribution < -0.4 is 9.64 Å². The highest BCUT2D eigenvalue weighted by Crippen LogP contribution is 2.40. The highest BCUT2D eigenvalue weighted by Gasteiger charge is 2.28. The van der Waals surface area contributed by atoms with E-state index in [0.717, 1.165) is 39.7 Å². The number of hydrogen-bond donors (Lipinski definition) is 1. The molecule has 1 N–H and O–H groups in total. The average molecular weight is 379 g/mol. The second-order valence-electron chi connectivity index (χ2n) is 6.32. The number of halogens is 1. The van der Waals surface area contributed by atoms with Gasteiger partial charge < -0.3 is 19.3 Å². The van der Waals surface area contributed by atoms with Crippen LogP contribution in [0.3, 0.4) is 0 Å². The van der Waals surface area contributed by atoms with Gasteiger partial charge >= 0.3 is 0 Å². The van der Waals surface area contributed by atoms with Gasteiger partial charge in [-0.25, -0.2) is 0 Å². The van der Waals surface area contributed by atoms with Crippen LogP contribution >= 0.6 is 15.9 Å². The molecule has 122 valence electrons. The number of benzene rings is 1. The molecular weight excluding hydrogens is 360 g/mol. The number of aliphatic hydroxyl groups is 1. The summed E-state index contributed by atoms with van der Waals surface area (Å²) in [5.74, 6) is 2.54. The van der Waals surface area contributed by atoms with Crippen molar-refractivity contribution in [2.75, 3.05) is 18.1 Å². The first-order chi connectivity index (χ1) is 11.2. The summed E-state index contributed by atoms with van der Waals surface area (Å²) in [6, 6.07) is 8.01. The number of aliphatic hydroxyl groups excluding tert-OH is 1. The molecule has 0 saturated heterocycles. The lowest BCUT2D eigenvalue weighted by Crippen LogP contribution is -2.41.